The van der Waals surface area contributed by atoms with Crippen LogP contribution < -0.4 is 49.9 Å². The lowest BCUT2D eigenvalue weighted by Gasteiger charge is -2.31. The van der Waals surface area contributed by atoms with Crippen LogP contribution in [0.4, 0.5) is 57.0 Å². The van der Waals surface area contributed by atoms with Crippen molar-refractivity contribution in [3.05, 3.63) is 116 Å². The van der Waals surface area contributed by atoms with Gasteiger partial charge >= 0.3 is 30.4 Å². The van der Waals surface area contributed by atoms with Gasteiger partial charge in [0.05, 0.1) is 18.5 Å². The molecule has 1 amide bonds. The fourth-order valence-corrected chi connectivity index (χ4v) is 11.5. The van der Waals surface area contributed by atoms with Gasteiger partial charge in [-0.25, -0.2) is 9.50 Å². The average Bonchev–Trinajstić information content (AvgIpc) is 1.80. The molecule has 12 rings (SSSR count). The topological polar surface area (TPSA) is 206 Å². The van der Waals surface area contributed by atoms with Crippen molar-refractivity contribution >= 4 is 40.3 Å². The van der Waals surface area contributed by atoms with Gasteiger partial charge in [0, 0.05) is 86.6 Å². The first-order chi connectivity index (χ1) is 41.7. The normalized spacial score (nSPS) is 17.5. The number of amides is 1. The summed E-state index contributed by atoms with van der Waals surface area (Å²) >= 11 is 0. The van der Waals surface area contributed by atoms with E-state index in [1.54, 1.807) is 42.5 Å². The van der Waals surface area contributed by atoms with Gasteiger partial charge in [0.2, 0.25) is 17.3 Å². The number of aliphatic hydroxyl groups excluding tert-OH is 1. The lowest BCUT2D eigenvalue weighted by atomic mass is 9.97. The number of alkyl halides is 9. The van der Waals surface area contributed by atoms with E-state index in [2.05, 4.69) is 35.3 Å². The van der Waals surface area contributed by atoms with Crippen molar-refractivity contribution in [3.63, 3.8) is 0 Å². The SMILES string of the molecule is NC1CCCN(c2ccc3n(n2)c(-c2ccc(-[n+]4cc(-c5cccc(OC(F)(F)F)c5)n5nc(NCC6CCN(CCO)CC6)ccc54)c(OC(F)(F)F)c2)c[n+]3-c2cc(OC(F)(F)F)cc(-c3cnc4ccc(NCC5CCNC(=O)C5)nn34)c2)C1. The smallest absolute Gasteiger partial charge is 0.406 e. The van der Waals surface area contributed by atoms with E-state index in [4.69, 9.17) is 25.8 Å². The number of rotatable bonds is 17. The Hall–Kier alpha value is -8.96. The van der Waals surface area contributed by atoms with E-state index in [1.807, 2.05) is 4.90 Å². The minimum Gasteiger partial charge on any atom is -0.406 e. The molecule has 87 heavy (non-hydrogen) atoms. The number of ether oxygens (including phenoxy) is 3. The number of nitrogens with one attached hydrogen (secondary N) is 3. The Bertz CT molecular complexity index is 3990. The van der Waals surface area contributed by atoms with Crippen molar-refractivity contribution in [1.29, 1.82) is 0 Å². The highest BCUT2D eigenvalue weighted by atomic mass is 19.4. The molecule has 6 aromatic heterocycles. The quantitative estimate of drug-likeness (QED) is 0.0430. The fourth-order valence-electron chi connectivity index (χ4n) is 11.5. The van der Waals surface area contributed by atoms with Gasteiger partial charge in [-0.2, -0.15) is 9.13 Å². The number of nitrogens with zero attached hydrogens (tertiary/aromatic N) is 11. The van der Waals surface area contributed by atoms with Crippen LogP contribution in [0.15, 0.2) is 116 Å². The molecule has 0 saturated carbocycles. The first kappa shape index (κ1) is 58.4. The van der Waals surface area contributed by atoms with Crippen molar-refractivity contribution in [2.24, 2.45) is 17.6 Å². The maximum atomic E-state index is 14.9. The lowest BCUT2D eigenvalue weighted by molar-refractivity contribution is -0.567. The molecule has 0 radical (unpaired) electrons. The minimum atomic E-state index is -5.29. The molecule has 29 heteroatoms. The van der Waals surface area contributed by atoms with Crippen LogP contribution in [0.25, 0.3) is 62.1 Å². The Balaban J connectivity index is 0.973. The molecule has 6 N–H and O–H groups in total. The molecule has 2 unspecified atom stereocenters. The Labute approximate surface area is 489 Å². The van der Waals surface area contributed by atoms with Crippen LogP contribution in [0, 0.1) is 11.8 Å². The van der Waals surface area contributed by atoms with E-state index in [-0.39, 0.29) is 86.8 Å². The van der Waals surface area contributed by atoms with Crippen LogP contribution in [-0.2, 0) is 4.79 Å². The van der Waals surface area contributed by atoms with Gasteiger partial charge in [0.25, 0.3) is 0 Å². The molecule has 3 fully saturated rings. The number of anilines is 3. The molecule has 3 aliphatic heterocycles. The van der Waals surface area contributed by atoms with Crippen molar-refractivity contribution in [3.8, 4) is 62.4 Å². The van der Waals surface area contributed by atoms with Gasteiger partial charge in [-0.3, -0.25) is 4.79 Å². The van der Waals surface area contributed by atoms with E-state index in [0.29, 0.717) is 68.8 Å². The number of likely N-dealkylation sites (tertiary alicyclic amines) is 1. The zero-order valence-corrected chi connectivity index (χ0v) is 46.3. The zero-order chi connectivity index (χ0) is 60.8. The maximum absolute atomic E-state index is 14.9. The average molecular weight is 1220 g/mol. The van der Waals surface area contributed by atoms with Gasteiger partial charge in [-0.15, -0.1) is 44.6 Å². The first-order valence-corrected chi connectivity index (χ1v) is 28.2. The van der Waals surface area contributed by atoms with Gasteiger partial charge in [-0.1, -0.05) is 31.4 Å². The zero-order valence-electron chi connectivity index (χ0n) is 46.3. The molecule has 2 atom stereocenters. The van der Waals surface area contributed by atoms with Crippen LogP contribution in [0.5, 0.6) is 17.2 Å². The molecular formula is C58H58F9N15O5+2. The third-order valence-electron chi connectivity index (χ3n) is 15.6. The Morgan fingerprint density at radius 2 is 1.32 bits per heavy atom. The second-order valence-electron chi connectivity index (χ2n) is 21.7. The molecule has 0 bridgehead atoms. The highest BCUT2D eigenvalue weighted by Crippen LogP contribution is 2.37. The standard InChI is InChI=1S/C58H57F9N15O5/c59-56(60,61)85-42-5-1-3-37(25-42)47-34-79(55-12-9-50(74-81(47)55)70-29-35-15-19-76(20-16-35)21-22-83)44-7-6-38(27-48(44)87-58(65,66)67)46-33-78(54-13-11-52(75-82(46)54)77-18-2-4-40(68)32-77)41-24-39(26-43(28-41)86-57(62,63)64)45-31-72-51-10-8-49(73-80(45)51)71-30-36-14-17-69-53(84)23-36/h1,3,5-13,24-28,31,33-36,40,83H,2,4,14-23,29-30,32,68H2,(H2-,69,70,71,73,74,84)/q+1/p+1. The summed E-state index contributed by atoms with van der Waals surface area (Å²) in [5.74, 6) is -0.454. The molecule has 456 valence electrons. The number of nitrogens with two attached hydrogens (primary N) is 1. The van der Waals surface area contributed by atoms with E-state index in [0.717, 1.165) is 69.5 Å². The third-order valence-corrected chi connectivity index (χ3v) is 15.6. The summed E-state index contributed by atoms with van der Waals surface area (Å²) < 4.78 is 149. The van der Waals surface area contributed by atoms with Crippen molar-refractivity contribution in [2.45, 2.75) is 63.7 Å². The monoisotopic (exact) mass is 1220 g/mol. The summed E-state index contributed by atoms with van der Waals surface area (Å²) in [6.07, 6.45) is -6.85. The highest BCUT2D eigenvalue weighted by Gasteiger charge is 2.38. The fraction of sp³-hybridized carbons (Fsp3) is 0.362. The predicted octanol–water partition coefficient (Wildman–Crippen LogP) is 8.26. The van der Waals surface area contributed by atoms with Gasteiger partial charge < -0.3 is 50.8 Å². The number of β-amino-alcohol motifs (C(OH)–C–C–N with tert-alkyl or cyclic N) is 1. The van der Waals surface area contributed by atoms with Crippen LogP contribution in [0.3, 0.4) is 0 Å². The Kier molecular flexibility index (Phi) is 15.9. The van der Waals surface area contributed by atoms with Crippen molar-refractivity contribution in [1.82, 2.24) is 44.0 Å². The first-order valence-electron chi connectivity index (χ1n) is 28.2. The number of benzene rings is 3. The number of aromatic nitrogens is 9. The van der Waals surface area contributed by atoms with E-state index >= 15 is 0 Å². The van der Waals surface area contributed by atoms with E-state index < -0.39 is 36.3 Å². The molecular weight excluding hydrogens is 1160 g/mol. The molecule has 3 aromatic carbocycles. The largest absolute Gasteiger partial charge is 0.573 e. The third kappa shape index (κ3) is 13.4. The molecule has 3 saturated heterocycles. The van der Waals surface area contributed by atoms with Gasteiger partial charge in [0.1, 0.15) is 35.4 Å². The van der Waals surface area contributed by atoms with Gasteiger partial charge in [-0.05, 0) is 124 Å². The Morgan fingerprint density at radius 1 is 0.655 bits per heavy atom. The number of fused-ring (bicyclic) bond motifs is 3. The summed E-state index contributed by atoms with van der Waals surface area (Å²) in [7, 11) is 0. The lowest BCUT2D eigenvalue weighted by Crippen LogP contribution is -2.43. The summed E-state index contributed by atoms with van der Waals surface area (Å²) in [6.45, 7) is 4.67. The highest BCUT2D eigenvalue weighted by molar-refractivity contribution is 5.77. The second-order valence-corrected chi connectivity index (χ2v) is 21.7. The molecule has 0 aliphatic carbocycles. The number of halogens is 9. The molecule has 9 aromatic rings. The second kappa shape index (κ2) is 23.7. The number of carbonyl (C=O) groups excluding carboxylic acids is 1. The van der Waals surface area contributed by atoms with Crippen LogP contribution >= 0.6 is 0 Å². The van der Waals surface area contributed by atoms with Crippen molar-refractivity contribution < 1.29 is 72.8 Å². The number of hydrogen-bond acceptors (Lipinski definition) is 14. The van der Waals surface area contributed by atoms with E-state index in [9.17, 15) is 49.4 Å². The molecule has 0 spiro atoms. The van der Waals surface area contributed by atoms with Crippen molar-refractivity contribution in [2.75, 3.05) is 74.5 Å². The molecule has 3 aliphatic rings. The number of carbonyl (C=O) groups is 1. The van der Waals surface area contributed by atoms with E-state index in [1.165, 1.54) is 71.6 Å². The predicted molar refractivity (Wildman–Crippen MR) is 298 cm³/mol. The maximum Gasteiger partial charge on any atom is 0.573 e. The summed E-state index contributed by atoms with van der Waals surface area (Å²) in [5.41, 5.74) is 8.15. The summed E-state index contributed by atoms with van der Waals surface area (Å²) in [6, 6.07) is 22.8. The van der Waals surface area contributed by atoms with Crippen LogP contribution in [0.1, 0.15) is 38.5 Å². The van der Waals surface area contributed by atoms with Gasteiger partial charge in [0.15, 0.2) is 28.7 Å². The number of imidazole rings is 3. The number of piperidine rings is 3. The van der Waals surface area contributed by atoms with Crippen LogP contribution in [-0.4, -0.2) is 134 Å². The number of aliphatic hydroxyl groups is 1. The molecule has 9 heterocycles. The molecule has 20 nitrogen and oxygen atoms in total. The summed E-state index contributed by atoms with van der Waals surface area (Å²) in [5, 5.41) is 33.3. The minimum absolute atomic E-state index is 0.0378. The van der Waals surface area contributed by atoms with Crippen LogP contribution in [0.2, 0.25) is 0 Å². The number of hydrogen-bond donors (Lipinski definition) is 5. The Morgan fingerprint density at radius 3 is 2.06 bits per heavy atom. The summed E-state index contributed by atoms with van der Waals surface area (Å²) in [4.78, 5) is 20.7.